The summed E-state index contributed by atoms with van der Waals surface area (Å²) in [4.78, 5) is 4.55. The maximum atomic E-state index is 4.55. The molecule has 0 aliphatic heterocycles. The summed E-state index contributed by atoms with van der Waals surface area (Å²) >= 11 is 0. The highest BCUT2D eigenvalue weighted by molar-refractivity contribution is 6.21. The molecule has 0 fully saturated rings. The van der Waals surface area contributed by atoms with E-state index < -0.39 is 0 Å². The van der Waals surface area contributed by atoms with E-state index in [0.717, 1.165) is 22.4 Å². The minimum absolute atomic E-state index is 0.882. The van der Waals surface area contributed by atoms with Crippen molar-refractivity contribution >= 4 is 37.9 Å². The van der Waals surface area contributed by atoms with Gasteiger partial charge in [-0.25, -0.2) is 0 Å². The zero-order valence-electron chi connectivity index (χ0n) is 23.3. The Kier molecular flexibility index (Phi) is 6.54. The lowest BCUT2D eigenvalue weighted by Crippen LogP contribution is -1.91. The second-order valence-electron chi connectivity index (χ2n) is 10.5. The molecule has 7 aromatic rings. The molecule has 0 amide bonds. The molecule has 1 aromatic heterocycles. The third-order valence-corrected chi connectivity index (χ3v) is 8.05. The fraction of sp³-hybridized carbons (Fsp3) is 0. The lowest BCUT2D eigenvalue weighted by atomic mass is 9.85. The lowest BCUT2D eigenvalue weighted by Gasteiger charge is -2.18. The molecule has 0 bridgehead atoms. The first-order valence-corrected chi connectivity index (χ1v) is 14.2. The van der Waals surface area contributed by atoms with Gasteiger partial charge in [-0.15, -0.1) is 0 Å². The molecule has 1 nitrogen and oxygen atoms in total. The fourth-order valence-corrected chi connectivity index (χ4v) is 6.08. The standard InChI is InChI=1S/C41H29N/c1-3-11-28(4-2)39-27-33(24-25-42-39)30-18-21-31(22-19-30)40-35-14-7-9-16-37(35)41(38-17-10-8-15-36(38)40)34-23-20-29-12-5-6-13-32(29)26-34/h3-27H,1-2H2/b28-11+. The third kappa shape index (κ3) is 4.42. The molecule has 42 heavy (non-hydrogen) atoms. The summed E-state index contributed by atoms with van der Waals surface area (Å²) in [5, 5.41) is 7.53. The monoisotopic (exact) mass is 535 g/mol. The molecular formula is C41H29N. The average Bonchev–Trinajstić information content (AvgIpc) is 3.06. The Balaban J connectivity index is 1.40. The van der Waals surface area contributed by atoms with Crippen LogP contribution < -0.4 is 0 Å². The van der Waals surface area contributed by atoms with E-state index in [-0.39, 0.29) is 0 Å². The van der Waals surface area contributed by atoms with Gasteiger partial charge in [0.2, 0.25) is 0 Å². The molecular weight excluding hydrogens is 506 g/mol. The first-order valence-electron chi connectivity index (χ1n) is 14.2. The van der Waals surface area contributed by atoms with E-state index in [1.807, 2.05) is 18.3 Å². The van der Waals surface area contributed by atoms with E-state index in [2.05, 4.69) is 146 Å². The Morgan fingerprint density at radius 3 is 1.67 bits per heavy atom. The Morgan fingerprint density at radius 2 is 1.05 bits per heavy atom. The smallest absolute Gasteiger partial charge is 0.0707 e. The number of rotatable bonds is 6. The van der Waals surface area contributed by atoms with Crippen LogP contribution in [0, 0.1) is 0 Å². The van der Waals surface area contributed by atoms with Crippen molar-refractivity contribution in [1.82, 2.24) is 4.98 Å². The summed E-state index contributed by atoms with van der Waals surface area (Å²) in [6.07, 6.45) is 7.36. The molecule has 0 saturated heterocycles. The Labute approximate surface area is 246 Å². The summed E-state index contributed by atoms with van der Waals surface area (Å²) in [5.41, 5.74) is 9.07. The number of fused-ring (bicyclic) bond motifs is 3. The van der Waals surface area contributed by atoms with Crippen molar-refractivity contribution in [2.75, 3.05) is 0 Å². The Bertz CT molecular complexity index is 2110. The van der Waals surface area contributed by atoms with Crippen molar-refractivity contribution in [2.24, 2.45) is 0 Å². The summed E-state index contributed by atoms with van der Waals surface area (Å²) in [6, 6.07) is 46.1. The largest absolute Gasteiger partial charge is 0.256 e. The highest BCUT2D eigenvalue weighted by Gasteiger charge is 2.16. The van der Waals surface area contributed by atoms with Crippen LogP contribution in [0.1, 0.15) is 5.69 Å². The second kappa shape index (κ2) is 10.8. The summed E-state index contributed by atoms with van der Waals surface area (Å²) in [6.45, 7) is 7.75. The van der Waals surface area contributed by atoms with Crippen molar-refractivity contribution in [1.29, 1.82) is 0 Å². The van der Waals surface area contributed by atoms with Gasteiger partial charge in [0.15, 0.2) is 0 Å². The van der Waals surface area contributed by atoms with Gasteiger partial charge in [0, 0.05) is 6.20 Å². The van der Waals surface area contributed by atoms with Crippen molar-refractivity contribution < 1.29 is 0 Å². The molecule has 0 unspecified atom stereocenters. The molecule has 1 heterocycles. The van der Waals surface area contributed by atoms with Gasteiger partial charge in [-0.1, -0.05) is 141 Å². The van der Waals surface area contributed by atoms with Gasteiger partial charge < -0.3 is 0 Å². The molecule has 0 spiro atoms. The third-order valence-electron chi connectivity index (χ3n) is 8.05. The molecule has 1 heteroatoms. The van der Waals surface area contributed by atoms with Crippen LogP contribution in [-0.2, 0) is 0 Å². The van der Waals surface area contributed by atoms with Crippen LogP contribution in [-0.4, -0.2) is 4.98 Å². The SMILES string of the molecule is C=C/C=C(\C=C)c1cc(-c2ccc(-c3c4ccccc4c(-c4ccc5ccccc5c4)c4ccccc34)cc2)ccn1. The highest BCUT2D eigenvalue weighted by Crippen LogP contribution is 2.44. The molecule has 7 rings (SSSR count). The predicted octanol–water partition coefficient (Wildman–Crippen LogP) is 11.3. The van der Waals surface area contributed by atoms with Crippen LogP contribution in [0.2, 0.25) is 0 Å². The van der Waals surface area contributed by atoms with Crippen LogP contribution in [0.4, 0.5) is 0 Å². The topological polar surface area (TPSA) is 12.9 Å². The van der Waals surface area contributed by atoms with E-state index in [4.69, 9.17) is 0 Å². The number of allylic oxidation sites excluding steroid dienone is 4. The van der Waals surface area contributed by atoms with Gasteiger partial charge in [-0.2, -0.15) is 0 Å². The molecule has 0 saturated carbocycles. The van der Waals surface area contributed by atoms with Gasteiger partial charge in [0.1, 0.15) is 0 Å². The Morgan fingerprint density at radius 1 is 0.500 bits per heavy atom. The van der Waals surface area contributed by atoms with Crippen LogP contribution in [0.5, 0.6) is 0 Å². The highest BCUT2D eigenvalue weighted by atomic mass is 14.7. The minimum Gasteiger partial charge on any atom is -0.256 e. The van der Waals surface area contributed by atoms with Gasteiger partial charge in [-0.3, -0.25) is 4.98 Å². The number of hydrogen-bond donors (Lipinski definition) is 0. The van der Waals surface area contributed by atoms with E-state index in [1.54, 1.807) is 6.08 Å². The first kappa shape index (κ1) is 25.4. The van der Waals surface area contributed by atoms with E-state index in [1.165, 1.54) is 54.6 Å². The molecule has 0 aliphatic rings. The quantitative estimate of drug-likeness (QED) is 0.152. The zero-order chi connectivity index (χ0) is 28.5. The summed E-state index contributed by atoms with van der Waals surface area (Å²) in [7, 11) is 0. The maximum Gasteiger partial charge on any atom is 0.0707 e. The average molecular weight is 536 g/mol. The lowest BCUT2D eigenvalue weighted by molar-refractivity contribution is 1.28. The van der Waals surface area contributed by atoms with Crippen LogP contribution >= 0.6 is 0 Å². The summed E-state index contributed by atoms with van der Waals surface area (Å²) in [5.74, 6) is 0. The van der Waals surface area contributed by atoms with Crippen molar-refractivity contribution in [3.05, 3.63) is 171 Å². The zero-order valence-corrected chi connectivity index (χ0v) is 23.3. The van der Waals surface area contributed by atoms with E-state index in [0.29, 0.717) is 0 Å². The van der Waals surface area contributed by atoms with Gasteiger partial charge in [0.05, 0.1) is 5.69 Å². The normalized spacial score (nSPS) is 11.7. The molecule has 198 valence electrons. The molecule has 0 N–H and O–H groups in total. The number of aromatic nitrogens is 1. The minimum atomic E-state index is 0.882. The van der Waals surface area contributed by atoms with E-state index in [9.17, 15) is 0 Å². The van der Waals surface area contributed by atoms with Gasteiger partial charge in [-0.05, 0) is 89.5 Å². The molecule has 0 aliphatic carbocycles. The van der Waals surface area contributed by atoms with E-state index >= 15 is 0 Å². The number of pyridine rings is 1. The molecule has 0 radical (unpaired) electrons. The number of benzene rings is 6. The van der Waals surface area contributed by atoms with Crippen molar-refractivity contribution in [2.45, 2.75) is 0 Å². The van der Waals surface area contributed by atoms with Gasteiger partial charge in [0.25, 0.3) is 0 Å². The molecule has 6 aromatic carbocycles. The van der Waals surface area contributed by atoms with Crippen LogP contribution in [0.15, 0.2) is 165 Å². The first-order chi connectivity index (χ1) is 20.7. The van der Waals surface area contributed by atoms with Gasteiger partial charge >= 0.3 is 0 Å². The Hall–Kier alpha value is -5.53. The van der Waals surface area contributed by atoms with Crippen LogP contribution in [0.3, 0.4) is 0 Å². The predicted molar refractivity (Wildman–Crippen MR) is 181 cm³/mol. The second-order valence-corrected chi connectivity index (χ2v) is 10.5. The number of hydrogen-bond acceptors (Lipinski definition) is 1. The summed E-state index contributed by atoms with van der Waals surface area (Å²) < 4.78 is 0. The fourth-order valence-electron chi connectivity index (χ4n) is 6.08. The number of nitrogens with zero attached hydrogens (tertiary/aromatic N) is 1. The molecule has 0 atom stereocenters. The van der Waals surface area contributed by atoms with Crippen molar-refractivity contribution in [3.8, 4) is 33.4 Å². The maximum absolute atomic E-state index is 4.55. The van der Waals surface area contributed by atoms with Crippen molar-refractivity contribution in [3.63, 3.8) is 0 Å². The van der Waals surface area contributed by atoms with Crippen LogP contribution in [0.25, 0.3) is 71.3 Å².